The molecule has 9 heteroatoms. The van der Waals surface area contributed by atoms with Gasteiger partial charge < -0.3 is 9.84 Å². The average Bonchev–Trinajstić information content (AvgIpc) is 2.95. The summed E-state index contributed by atoms with van der Waals surface area (Å²) in [7, 11) is 0. The van der Waals surface area contributed by atoms with Crippen molar-refractivity contribution < 1.29 is 24.4 Å². The fourth-order valence-electron chi connectivity index (χ4n) is 2.14. The summed E-state index contributed by atoms with van der Waals surface area (Å²) in [4.78, 5) is 33.5. The van der Waals surface area contributed by atoms with Crippen molar-refractivity contribution in [1.29, 1.82) is 0 Å². The van der Waals surface area contributed by atoms with Crippen LogP contribution < -0.4 is 4.74 Å². The number of benzene rings is 2. The van der Waals surface area contributed by atoms with Gasteiger partial charge in [-0.1, -0.05) is 18.2 Å². The van der Waals surface area contributed by atoms with Crippen LogP contribution in [-0.4, -0.2) is 31.9 Å². The Labute approximate surface area is 133 Å². The molecule has 1 aromatic heterocycles. The third-order valence-electron chi connectivity index (χ3n) is 3.22. The van der Waals surface area contributed by atoms with Crippen LogP contribution in [0.3, 0.4) is 0 Å². The molecule has 9 nitrogen and oxygen atoms in total. The van der Waals surface area contributed by atoms with Crippen LogP contribution in [0.2, 0.25) is 0 Å². The van der Waals surface area contributed by atoms with Crippen molar-refractivity contribution in [2.75, 3.05) is 0 Å². The van der Waals surface area contributed by atoms with Gasteiger partial charge >= 0.3 is 12.1 Å². The van der Waals surface area contributed by atoms with Crippen molar-refractivity contribution >= 4 is 28.7 Å². The summed E-state index contributed by atoms with van der Waals surface area (Å²) in [6, 6.07) is 11.2. The number of carboxylic acids is 1. The van der Waals surface area contributed by atoms with E-state index < -0.39 is 17.0 Å². The Morgan fingerprint density at radius 3 is 2.42 bits per heavy atom. The summed E-state index contributed by atoms with van der Waals surface area (Å²) in [6.45, 7) is 0. The van der Waals surface area contributed by atoms with E-state index in [0.717, 1.165) is 4.68 Å². The summed E-state index contributed by atoms with van der Waals surface area (Å²) >= 11 is 0. The number of non-ortho nitro benzene ring substituents is 1. The van der Waals surface area contributed by atoms with Gasteiger partial charge in [0.15, 0.2) is 5.69 Å². The van der Waals surface area contributed by atoms with Crippen molar-refractivity contribution in [2.45, 2.75) is 0 Å². The molecule has 0 fully saturated rings. The van der Waals surface area contributed by atoms with Gasteiger partial charge in [0.05, 0.1) is 10.4 Å². The maximum absolute atomic E-state index is 12.2. The van der Waals surface area contributed by atoms with E-state index in [4.69, 9.17) is 9.84 Å². The van der Waals surface area contributed by atoms with Crippen LogP contribution in [0.25, 0.3) is 10.9 Å². The first-order valence-electron chi connectivity index (χ1n) is 6.65. The smallest absolute Gasteiger partial charge is 0.440 e. The molecular formula is C15H9N3O6. The third kappa shape index (κ3) is 2.65. The van der Waals surface area contributed by atoms with Crippen molar-refractivity contribution in [3.63, 3.8) is 0 Å². The molecule has 0 saturated heterocycles. The highest BCUT2D eigenvalue weighted by molar-refractivity contribution is 6.03. The molecule has 0 spiro atoms. The number of hydrogen-bond acceptors (Lipinski definition) is 6. The molecule has 120 valence electrons. The Kier molecular flexibility index (Phi) is 3.66. The lowest BCUT2D eigenvalue weighted by molar-refractivity contribution is -0.384. The Morgan fingerprint density at radius 1 is 1.12 bits per heavy atom. The van der Waals surface area contributed by atoms with Crippen LogP contribution in [-0.2, 0) is 0 Å². The molecule has 0 aliphatic carbocycles. The fraction of sp³-hybridized carbons (Fsp3) is 0. The number of nitro benzene ring substituents is 1. The summed E-state index contributed by atoms with van der Waals surface area (Å²) < 4.78 is 5.92. The van der Waals surface area contributed by atoms with E-state index in [1.165, 1.54) is 36.4 Å². The number of carbonyl (C=O) groups excluding carboxylic acids is 1. The van der Waals surface area contributed by atoms with Gasteiger partial charge in [-0.15, -0.1) is 0 Å². The number of aromatic nitrogens is 2. The normalized spacial score (nSPS) is 10.5. The number of carbonyl (C=O) groups is 2. The SMILES string of the molecule is O=C(O)c1nn(C(=O)Oc2ccc([N+](=O)[O-])cc2)c2ccccc12. The lowest BCUT2D eigenvalue weighted by atomic mass is 10.2. The van der Waals surface area contributed by atoms with Gasteiger partial charge in [0.1, 0.15) is 5.75 Å². The lowest BCUT2D eigenvalue weighted by Crippen LogP contribution is -2.18. The lowest BCUT2D eigenvalue weighted by Gasteiger charge is -2.04. The van der Waals surface area contributed by atoms with Gasteiger partial charge in [-0.2, -0.15) is 9.78 Å². The first-order valence-corrected chi connectivity index (χ1v) is 6.65. The second-order valence-corrected chi connectivity index (χ2v) is 4.70. The molecule has 0 radical (unpaired) electrons. The summed E-state index contributed by atoms with van der Waals surface area (Å²) in [5.74, 6) is -1.20. The van der Waals surface area contributed by atoms with E-state index >= 15 is 0 Å². The number of para-hydroxylation sites is 1. The highest BCUT2D eigenvalue weighted by Gasteiger charge is 2.21. The van der Waals surface area contributed by atoms with Crippen LogP contribution in [0.5, 0.6) is 5.75 Å². The molecule has 0 atom stereocenters. The van der Waals surface area contributed by atoms with Gasteiger partial charge in [0.25, 0.3) is 5.69 Å². The first-order chi connectivity index (χ1) is 11.5. The highest BCUT2D eigenvalue weighted by Crippen LogP contribution is 2.21. The van der Waals surface area contributed by atoms with E-state index in [0.29, 0.717) is 5.39 Å². The van der Waals surface area contributed by atoms with Crippen molar-refractivity contribution in [3.8, 4) is 5.75 Å². The number of fused-ring (bicyclic) bond motifs is 1. The number of hydrogen-bond donors (Lipinski definition) is 1. The molecule has 0 saturated carbocycles. The van der Waals surface area contributed by atoms with E-state index in [9.17, 15) is 19.7 Å². The predicted octanol–water partition coefficient (Wildman–Crippen LogP) is 2.69. The minimum Gasteiger partial charge on any atom is -0.476 e. The molecule has 24 heavy (non-hydrogen) atoms. The summed E-state index contributed by atoms with van der Waals surface area (Å²) in [5, 5.41) is 23.8. The number of nitro groups is 1. The Hall–Kier alpha value is -3.75. The molecule has 0 amide bonds. The topological polar surface area (TPSA) is 125 Å². The monoisotopic (exact) mass is 327 g/mol. The zero-order valence-corrected chi connectivity index (χ0v) is 11.9. The highest BCUT2D eigenvalue weighted by atomic mass is 16.6. The minimum atomic E-state index is -1.27. The maximum atomic E-state index is 12.2. The molecule has 0 aliphatic rings. The average molecular weight is 327 g/mol. The van der Waals surface area contributed by atoms with Crippen molar-refractivity contribution in [1.82, 2.24) is 9.78 Å². The number of aromatic carboxylic acids is 1. The molecule has 3 rings (SSSR count). The van der Waals surface area contributed by atoms with Crippen LogP contribution in [0.15, 0.2) is 48.5 Å². The van der Waals surface area contributed by atoms with Crippen LogP contribution in [0.4, 0.5) is 10.5 Å². The Balaban J connectivity index is 1.94. The quantitative estimate of drug-likeness (QED) is 0.579. The van der Waals surface area contributed by atoms with Gasteiger partial charge in [0, 0.05) is 17.5 Å². The summed E-state index contributed by atoms with van der Waals surface area (Å²) in [5.41, 5.74) is -0.138. The molecule has 0 aliphatic heterocycles. The zero-order valence-electron chi connectivity index (χ0n) is 11.9. The van der Waals surface area contributed by atoms with Gasteiger partial charge in [-0.3, -0.25) is 10.1 Å². The molecule has 3 aromatic rings. The van der Waals surface area contributed by atoms with Crippen molar-refractivity contribution in [3.05, 3.63) is 64.3 Å². The van der Waals surface area contributed by atoms with Gasteiger partial charge in [-0.05, 0) is 18.2 Å². The second-order valence-electron chi connectivity index (χ2n) is 4.70. The molecule has 1 heterocycles. The minimum absolute atomic E-state index is 0.0713. The largest absolute Gasteiger partial charge is 0.476 e. The number of carboxylic acid groups (broad SMARTS) is 1. The van der Waals surface area contributed by atoms with Crippen LogP contribution >= 0.6 is 0 Å². The van der Waals surface area contributed by atoms with Crippen molar-refractivity contribution in [2.24, 2.45) is 0 Å². The zero-order chi connectivity index (χ0) is 17.3. The standard InChI is InChI=1S/C15H9N3O6/c19-14(20)13-11-3-1-2-4-12(11)17(16-13)15(21)24-10-7-5-9(6-8-10)18(22)23/h1-8H,(H,19,20). The maximum Gasteiger partial charge on any atom is 0.440 e. The second kappa shape index (κ2) is 5.80. The van der Waals surface area contributed by atoms with Crippen LogP contribution in [0.1, 0.15) is 10.5 Å². The van der Waals surface area contributed by atoms with Gasteiger partial charge in [-0.25, -0.2) is 9.59 Å². The van der Waals surface area contributed by atoms with E-state index in [2.05, 4.69) is 5.10 Å². The Morgan fingerprint density at radius 2 is 1.79 bits per heavy atom. The summed E-state index contributed by atoms with van der Waals surface area (Å²) in [6.07, 6.45) is -0.924. The van der Waals surface area contributed by atoms with E-state index in [1.54, 1.807) is 12.1 Å². The third-order valence-corrected chi connectivity index (χ3v) is 3.22. The number of rotatable bonds is 3. The molecule has 2 aromatic carbocycles. The predicted molar refractivity (Wildman–Crippen MR) is 81.2 cm³/mol. The molecule has 0 unspecified atom stereocenters. The molecule has 1 N–H and O–H groups in total. The van der Waals surface area contributed by atoms with E-state index in [-0.39, 0.29) is 22.6 Å². The van der Waals surface area contributed by atoms with E-state index in [1.807, 2.05) is 0 Å². The molecular weight excluding hydrogens is 318 g/mol. The fourth-order valence-corrected chi connectivity index (χ4v) is 2.14. The molecule has 0 bridgehead atoms. The first kappa shape index (κ1) is 15.2. The van der Waals surface area contributed by atoms with Gasteiger partial charge in [0.2, 0.25) is 0 Å². The Bertz CT molecular complexity index is 961. The number of nitrogens with zero attached hydrogens (tertiary/aromatic N) is 3. The number of ether oxygens (including phenoxy) is 1. The van der Waals surface area contributed by atoms with Crippen LogP contribution in [0, 0.1) is 10.1 Å².